The Balaban J connectivity index is 2.45. The molecule has 0 spiro atoms. The summed E-state index contributed by atoms with van der Waals surface area (Å²) in [7, 11) is 0. The molecule has 0 saturated heterocycles. The second kappa shape index (κ2) is 5.41. The number of nitriles is 1. The van der Waals surface area contributed by atoms with Crippen molar-refractivity contribution in [3.05, 3.63) is 35.9 Å². The Morgan fingerprint density at radius 2 is 1.93 bits per heavy atom. The SMILES string of the molecule is CC(C)[C@@H](C#N)NCc1ccccc1. The summed E-state index contributed by atoms with van der Waals surface area (Å²) < 4.78 is 0. The van der Waals surface area contributed by atoms with Gasteiger partial charge in [-0.05, 0) is 11.5 Å². The first kappa shape index (κ1) is 10.7. The van der Waals surface area contributed by atoms with Gasteiger partial charge in [0.05, 0.1) is 12.1 Å². The lowest BCUT2D eigenvalue weighted by Gasteiger charge is -2.14. The molecule has 0 amide bonds. The molecular formula is C12H16N2. The van der Waals surface area contributed by atoms with Gasteiger partial charge in [-0.1, -0.05) is 44.2 Å². The Bertz CT molecular complexity index is 298. The Morgan fingerprint density at radius 3 is 2.43 bits per heavy atom. The molecule has 1 N–H and O–H groups in total. The number of hydrogen-bond donors (Lipinski definition) is 1. The van der Waals surface area contributed by atoms with Crippen molar-refractivity contribution in [3.63, 3.8) is 0 Å². The maximum atomic E-state index is 8.86. The minimum absolute atomic E-state index is 0.0600. The van der Waals surface area contributed by atoms with Crippen molar-refractivity contribution >= 4 is 0 Å². The van der Waals surface area contributed by atoms with Crippen LogP contribution in [0.3, 0.4) is 0 Å². The third-order valence-electron chi connectivity index (χ3n) is 2.17. The fraction of sp³-hybridized carbons (Fsp3) is 0.417. The molecule has 2 nitrogen and oxygen atoms in total. The molecule has 1 atom stereocenters. The Hall–Kier alpha value is -1.33. The van der Waals surface area contributed by atoms with Crippen LogP contribution in [-0.2, 0) is 6.54 Å². The molecule has 0 aliphatic carbocycles. The summed E-state index contributed by atoms with van der Waals surface area (Å²) in [4.78, 5) is 0. The molecule has 0 aromatic heterocycles. The summed E-state index contributed by atoms with van der Waals surface area (Å²) >= 11 is 0. The van der Waals surface area contributed by atoms with E-state index in [0.717, 1.165) is 6.54 Å². The van der Waals surface area contributed by atoms with Gasteiger partial charge >= 0.3 is 0 Å². The number of nitrogens with zero attached hydrogens (tertiary/aromatic N) is 1. The average molecular weight is 188 g/mol. The Kier molecular flexibility index (Phi) is 4.15. The van der Waals surface area contributed by atoms with Gasteiger partial charge in [-0.15, -0.1) is 0 Å². The second-order valence-electron chi connectivity index (χ2n) is 3.72. The van der Waals surface area contributed by atoms with Crippen molar-refractivity contribution in [1.82, 2.24) is 5.32 Å². The molecule has 0 aliphatic heterocycles. The molecular weight excluding hydrogens is 172 g/mol. The van der Waals surface area contributed by atoms with Gasteiger partial charge in [0.2, 0.25) is 0 Å². The third kappa shape index (κ3) is 3.20. The molecule has 0 saturated carbocycles. The Labute approximate surface area is 85.6 Å². The molecule has 0 fully saturated rings. The predicted molar refractivity (Wildman–Crippen MR) is 57.5 cm³/mol. The fourth-order valence-corrected chi connectivity index (χ4v) is 1.25. The zero-order chi connectivity index (χ0) is 10.4. The molecule has 1 aromatic carbocycles. The first-order chi connectivity index (χ1) is 6.74. The maximum absolute atomic E-state index is 8.86. The summed E-state index contributed by atoms with van der Waals surface area (Å²) in [5, 5.41) is 12.1. The van der Waals surface area contributed by atoms with Gasteiger partial charge in [0.1, 0.15) is 0 Å². The van der Waals surface area contributed by atoms with Crippen LogP contribution in [0.15, 0.2) is 30.3 Å². The van der Waals surface area contributed by atoms with E-state index in [-0.39, 0.29) is 6.04 Å². The van der Waals surface area contributed by atoms with Crippen molar-refractivity contribution in [2.24, 2.45) is 5.92 Å². The van der Waals surface area contributed by atoms with Gasteiger partial charge in [-0.2, -0.15) is 5.26 Å². The number of hydrogen-bond acceptors (Lipinski definition) is 2. The van der Waals surface area contributed by atoms with Gasteiger partial charge in [0.25, 0.3) is 0 Å². The lowest BCUT2D eigenvalue weighted by molar-refractivity contribution is 0.472. The fourth-order valence-electron chi connectivity index (χ4n) is 1.25. The van der Waals surface area contributed by atoms with E-state index in [1.54, 1.807) is 0 Å². The lowest BCUT2D eigenvalue weighted by atomic mass is 10.1. The van der Waals surface area contributed by atoms with Gasteiger partial charge in [0.15, 0.2) is 0 Å². The van der Waals surface area contributed by atoms with Crippen LogP contribution in [0.5, 0.6) is 0 Å². The van der Waals surface area contributed by atoms with Gasteiger partial charge in [0, 0.05) is 6.54 Å². The lowest BCUT2D eigenvalue weighted by Crippen LogP contribution is -2.31. The number of rotatable bonds is 4. The topological polar surface area (TPSA) is 35.8 Å². The maximum Gasteiger partial charge on any atom is 0.0978 e. The highest BCUT2D eigenvalue weighted by Gasteiger charge is 2.10. The van der Waals surface area contributed by atoms with E-state index in [0.29, 0.717) is 5.92 Å². The molecule has 14 heavy (non-hydrogen) atoms. The largest absolute Gasteiger partial charge is 0.298 e. The highest BCUT2D eigenvalue weighted by atomic mass is 14.9. The highest BCUT2D eigenvalue weighted by Crippen LogP contribution is 2.03. The van der Waals surface area contributed by atoms with Crippen LogP contribution >= 0.6 is 0 Å². The van der Waals surface area contributed by atoms with E-state index >= 15 is 0 Å². The van der Waals surface area contributed by atoms with E-state index in [9.17, 15) is 0 Å². The molecule has 2 heteroatoms. The molecule has 0 radical (unpaired) electrons. The van der Waals surface area contributed by atoms with Crippen molar-refractivity contribution in [2.45, 2.75) is 26.4 Å². The molecule has 74 valence electrons. The van der Waals surface area contributed by atoms with Crippen LogP contribution in [0, 0.1) is 17.2 Å². The van der Waals surface area contributed by atoms with E-state index in [2.05, 4.69) is 23.5 Å². The summed E-state index contributed by atoms with van der Waals surface area (Å²) in [6.07, 6.45) is 0. The predicted octanol–water partition coefficient (Wildman–Crippen LogP) is 2.32. The first-order valence-corrected chi connectivity index (χ1v) is 4.91. The van der Waals surface area contributed by atoms with Crippen molar-refractivity contribution < 1.29 is 0 Å². The Morgan fingerprint density at radius 1 is 1.29 bits per heavy atom. The quantitative estimate of drug-likeness (QED) is 0.787. The second-order valence-corrected chi connectivity index (χ2v) is 3.72. The molecule has 0 unspecified atom stereocenters. The minimum atomic E-state index is -0.0600. The van der Waals surface area contributed by atoms with Crippen LogP contribution < -0.4 is 5.32 Å². The number of benzene rings is 1. The van der Waals surface area contributed by atoms with Crippen molar-refractivity contribution in [1.29, 1.82) is 5.26 Å². The van der Waals surface area contributed by atoms with Crippen LogP contribution in [0.4, 0.5) is 0 Å². The van der Waals surface area contributed by atoms with Gasteiger partial charge in [-0.25, -0.2) is 0 Å². The summed E-state index contributed by atoms with van der Waals surface area (Å²) in [5.74, 6) is 0.351. The number of nitrogens with one attached hydrogen (secondary N) is 1. The van der Waals surface area contributed by atoms with E-state index in [1.165, 1.54) is 5.56 Å². The third-order valence-corrected chi connectivity index (χ3v) is 2.17. The molecule has 0 bridgehead atoms. The summed E-state index contributed by atoms with van der Waals surface area (Å²) in [6.45, 7) is 4.86. The van der Waals surface area contributed by atoms with Crippen LogP contribution in [0.2, 0.25) is 0 Å². The normalized spacial score (nSPS) is 12.4. The smallest absolute Gasteiger partial charge is 0.0978 e. The van der Waals surface area contributed by atoms with E-state index < -0.39 is 0 Å². The first-order valence-electron chi connectivity index (χ1n) is 4.91. The molecule has 0 aliphatic rings. The zero-order valence-electron chi connectivity index (χ0n) is 8.70. The molecule has 0 heterocycles. The molecule has 1 aromatic rings. The standard InChI is InChI=1S/C12H16N2/c1-10(2)12(8-13)14-9-11-6-4-3-5-7-11/h3-7,10,12,14H,9H2,1-2H3/t12-/m1/s1. The van der Waals surface area contributed by atoms with E-state index in [4.69, 9.17) is 5.26 Å². The van der Waals surface area contributed by atoms with Crippen LogP contribution in [-0.4, -0.2) is 6.04 Å². The van der Waals surface area contributed by atoms with Crippen molar-refractivity contribution in [3.8, 4) is 6.07 Å². The van der Waals surface area contributed by atoms with Crippen molar-refractivity contribution in [2.75, 3.05) is 0 Å². The highest BCUT2D eigenvalue weighted by molar-refractivity contribution is 5.14. The van der Waals surface area contributed by atoms with E-state index in [1.807, 2.05) is 32.0 Å². The van der Waals surface area contributed by atoms with Gasteiger partial charge in [-0.3, -0.25) is 5.32 Å². The minimum Gasteiger partial charge on any atom is -0.298 e. The average Bonchev–Trinajstić information content (AvgIpc) is 2.20. The van der Waals surface area contributed by atoms with Crippen LogP contribution in [0.25, 0.3) is 0 Å². The molecule has 1 rings (SSSR count). The summed E-state index contributed by atoms with van der Waals surface area (Å²) in [6, 6.07) is 12.3. The monoisotopic (exact) mass is 188 g/mol. The van der Waals surface area contributed by atoms with Gasteiger partial charge < -0.3 is 0 Å². The summed E-state index contributed by atoms with van der Waals surface area (Å²) in [5.41, 5.74) is 1.22. The zero-order valence-corrected chi connectivity index (χ0v) is 8.70. The van der Waals surface area contributed by atoms with Crippen LogP contribution in [0.1, 0.15) is 19.4 Å².